The van der Waals surface area contributed by atoms with Gasteiger partial charge in [0.25, 0.3) is 0 Å². The zero-order valence-electron chi connectivity index (χ0n) is 30.4. The molecule has 1 saturated carbocycles. The fourth-order valence-electron chi connectivity index (χ4n) is 6.87. The van der Waals surface area contributed by atoms with Crippen molar-refractivity contribution in [2.24, 2.45) is 11.8 Å². The fraction of sp³-hybridized carbons (Fsp3) is 0.854. The van der Waals surface area contributed by atoms with E-state index in [1.807, 2.05) is 26.0 Å². The van der Waals surface area contributed by atoms with Crippen LogP contribution in [0.15, 0.2) is 36.3 Å². The molecule has 0 atom stereocenters. The first kappa shape index (κ1) is 40.8. The van der Waals surface area contributed by atoms with Crippen molar-refractivity contribution in [3.8, 4) is 0 Å². The van der Waals surface area contributed by atoms with E-state index in [1.54, 1.807) is 12.5 Å². The normalized spacial score (nSPS) is 18.1. The predicted octanol–water partition coefficient (Wildman–Crippen LogP) is 14.1. The number of hydrogen-bond acceptors (Lipinski definition) is 3. The average Bonchev–Trinajstić information content (AvgIpc) is 3.05. The monoisotopic (exact) mass is 617 g/mol. The van der Waals surface area contributed by atoms with Gasteiger partial charge in [-0.2, -0.15) is 0 Å². The maximum absolute atomic E-state index is 6.38. The summed E-state index contributed by atoms with van der Waals surface area (Å²) < 4.78 is 18.7. The molecule has 0 unspecified atom stereocenters. The second-order valence-electron chi connectivity index (χ2n) is 13.6. The zero-order valence-corrected chi connectivity index (χ0v) is 30.4. The Labute approximate surface area is 276 Å². The van der Waals surface area contributed by atoms with E-state index in [-0.39, 0.29) is 0 Å². The molecule has 258 valence electrons. The Balaban J connectivity index is 2.27. The SMILES string of the molecule is C/C=C(/CC(O/C=C/C)(O/C=C/C)OCCCCCC)C1CCC(CCCCCCCCCCCCCCCCCC)CC1. The summed E-state index contributed by atoms with van der Waals surface area (Å²) in [5, 5.41) is 0. The molecule has 44 heavy (non-hydrogen) atoms. The lowest BCUT2D eigenvalue weighted by molar-refractivity contribution is -0.340. The zero-order chi connectivity index (χ0) is 32.0. The smallest absolute Gasteiger partial charge is 0.374 e. The van der Waals surface area contributed by atoms with Crippen LogP contribution in [-0.4, -0.2) is 12.6 Å². The fourth-order valence-corrected chi connectivity index (χ4v) is 6.87. The number of unbranched alkanes of at least 4 members (excludes halogenated alkanes) is 18. The van der Waals surface area contributed by atoms with Crippen molar-refractivity contribution < 1.29 is 14.2 Å². The van der Waals surface area contributed by atoms with Crippen molar-refractivity contribution in [3.05, 3.63) is 36.3 Å². The molecule has 0 amide bonds. The van der Waals surface area contributed by atoms with Crippen molar-refractivity contribution in [2.75, 3.05) is 6.61 Å². The number of ether oxygens (including phenoxy) is 3. The summed E-state index contributed by atoms with van der Waals surface area (Å²) in [5.74, 6) is 0.431. The van der Waals surface area contributed by atoms with Crippen LogP contribution in [0.5, 0.6) is 0 Å². The van der Waals surface area contributed by atoms with E-state index in [0.29, 0.717) is 18.9 Å². The summed E-state index contributed by atoms with van der Waals surface area (Å²) in [5.41, 5.74) is 1.42. The highest BCUT2D eigenvalue weighted by Crippen LogP contribution is 2.39. The van der Waals surface area contributed by atoms with Gasteiger partial charge in [-0.1, -0.05) is 166 Å². The van der Waals surface area contributed by atoms with Gasteiger partial charge in [0.1, 0.15) is 0 Å². The minimum atomic E-state index is -1.09. The van der Waals surface area contributed by atoms with Gasteiger partial charge in [0.05, 0.1) is 25.6 Å². The number of allylic oxidation sites excluding steroid dienone is 3. The lowest BCUT2D eigenvalue weighted by atomic mass is 9.75. The molecule has 3 nitrogen and oxygen atoms in total. The Hall–Kier alpha value is -1.22. The van der Waals surface area contributed by atoms with Crippen LogP contribution in [0.4, 0.5) is 0 Å². The summed E-state index contributed by atoms with van der Waals surface area (Å²) in [6.45, 7) is 11.3. The van der Waals surface area contributed by atoms with E-state index in [9.17, 15) is 0 Å². The third-order valence-electron chi connectivity index (χ3n) is 9.72. The second-order valence-corrected chi connectivity index (χ2v) is 13.6. The maximum atomic E-state index is 6.38. The molecule has 0 aliphatic heterocycles. The number of rotatable bonds is 30. The Morgan fingerprint density at radius 3 is 1.43 bits per heavy atom. The highest BCUT2D eigenvalue weighted by atomic mass is 16.9. The lowest BCUT2D eigenvalue weighted by Gasteiger charge is -2.36. The standard InChI is InChI=1S/C41H76O3/c1-6-11-13-15-16-17-18-19-20-21-22-23-24-25-26-27-29-38-30-32-40(33-31-38)39(10-5)37-41(42-34-8-3,43-35-9-4)44-36-28-14-12-7-2/h8-10,34-35,38,40H,6-7,11-33,36-37H2,1-5H3/b34-8+,35-9+,39-10-. The molecule has 1 aliphatic carbocycles. The largest absolute Gasteiger partial charge is 0.438 e. The second kappa shape index (κ2) is 29.2. The van der Waals surface area contributed by atoms with Gasteiger partial charge in [0.2, 0.25) is 0 Å². The molecular weight excluding hydrogens is 540 g/mol. The van der Waals surface area contributed by atoms with Gasteiger partial charge in [-0.25, -0.2) is 0 Å². The molecule has 0 saturated heterocycles. The van der Waals surface area contributed by atoms with Crippen molar-refractivity contribution in [3.63, 3.8) is 0 Å². The molecule has 1 aliphatic rings. The van der Waals surface area contributed by atoms with Gasteiger partial charge in [-0.05, 0) is 64.7 Å². The third-order valence-corrected chi connectivity index (χ3v) is 9.72. The van der Waals surface area contributed by atoms with Crippen LogP contribution in [0.2, 0.25) is 0 Å². The van der Waals surface area contributed by atoms with Crippen LogP contribution >= 0.6 is 0 Å². The molecule has 0 spiro atoms. The first-order valence-electron chi connectivity index (χ1n) is 19.5. The minimum absolute atomic E-state index is 0.605. The van der Waals surface area contributed by atoms with Crippen LogP contribution in [0.25, 0.3) is 0 Å². The van der Waals surface area contributed by atoms with Crippen molar-refractivity contribution in [1.82, 2.24) is 0 Å². The van der Waals surface area contributed by atoms with Crippen molar-refractivity contribution in [2.45, 2.75) is 208 Å². The first-order valence-corrected chi connectivity index (χ1v) is 19.5. The number of hydrogen-bond donors (Lipinski definition) is 0. The molecule has 0 aromatic heterocycles. The molecule has 0 N–H and O–H groups in total. The summed E-state index contributed by atoms with van der Waals surface area (Å²) >= 11 is 0. The topological polar surface area (TPSA) is 27.7 Å². The van der Waals surface area contributed by atoms with Crippen LogP contribution in [0.3, 0.4) is 0 Å². The summed E-state index contributed by atoms with van der Waals surface area (Å²) in [6.07, 6.45) is 44.7. The summed E-state index contributed by atoms with van der Waals surface area (Å²) in [4.78, 5) is 0. The quantitative estimate of drug-likeness (QED) is 0.0348. The van der Waals surface area contributed by atoms with Gasteiger partial charge in [0.15, 0.2) is 0 Å². The summed E-state index contributed by atoms with van der Waals surface area (Å²) in [6, 6.07) is 0. The molecule has 0 aromatic rings. The maximum Gasteiger partial charge on any atom is 0.374 e. The highest BCUT2D eigenvalue weighted by molar-refractivity contribution is 5.09. The highest BCUT2D eigenvalue weighted by Gasteiger charge is 2.38. The van der Waals surface area contributed by atoms with Crippen LogP contribution in [0, 0.1) is 11.8 Å². The molecule has 0 aromatic carbocycles. The van der Waals surface area contributed by atoms with Crippen LogP contribution < -0.4 is 0 Å². The van der Waals surface area contributed by atoms with Gasteiger partial charge in [0, 0.05) is 0 Å². The van der Waals surface area contributed by atoms with Crippen molar-refractivity contribution in [1.29, 1.82) is 0 Å². The molecule has 1 fully saturated rings. The summed E-state index contributed by atoms with van der Waals surface area (Å²) in [7, 11) is 0. The first-order chi connectivity index (χ1) is 21.6. The van der Waals surface area contributed by atoms with Gasteiger partial charge >= 0.3 is 5.97 Å². The van der Waals surface area contributed by atoms with E-state index in [0.717, 1.165) is 12.3 Å². The molecule has 1 rings (SSSR count). The predicted molar refractivity (Wildman–Crippen MR) is 193 cm³/mol. The molecule has 3 heteroatoms. The van der Waals surface area contributed by atoms with E-state index in [4.69, 9.17) is 14.2 Å². The molecular formula is C41H76O3. The van der Waals surface area contributed by atoms with E-state index >= 15 is 0 Å². The van der Waals surface area contributed by atoms with Gasteiger partial charge in [-0.3, -0.25) is 0 Å². The molecule has 0 radical (unpaired) electrons. The lowest BCUT2D eigenvalue weighted by Crippen LogP contribution is -2.38. The molecule has 0 bridgehead atoms. The van der Waals surface area contributed by atoms with E-state index in [2.05, 4.69) is 26.8 Å². The van der Waals surface area contributed by atoms with Gasteiger partial charge < -0.3 is 14.2 Å². The Kier molecular flexibility index (Phi) is 27.1. The van der Waals surface area contributed by atoms with Crippen LogP contribution in [0.1, 0.15) is 202 Å². The van der Waals surface area contributed by atoms with Gasteiger partial charge in [-0.15, -0.1) is 0 Å². The van der Waals surface area contributed by atoms with Crippen LogP contribution in [-0.2, 0) is 14.2 Å². The minimum Gasteiger partial charge on any atom is -0.438 e. The Bertz CT molecular complexity index is 687. The van der Waals surface area contributed by atoms with E-state index in [1.165, 1.54) is 160 Å². The Morgan fingerprint density at radius 1 is 0.568 bits per heavy atom. The Morgan fingerprint density at radius 2 is 1.00 bits per heavy atom. The van der Waals surface area contributed by atoms with E-state index < -0.39 is 5.97 Å². The molecule has 0 heterocycles. The van der Waals surface area contributed by atoms with Crippen molar-refractivity contribution >= 4 is 0 Å². The average molecular weight is 617 g/mol. The third kappa shape index (κ3) is 20.7.